The first-order valence-electron chi connectivity index (χ1n) is 5.04. The van der Waals surface area contributed by atoms with Crippen LogP contribution in [0, 0.1) is 24.2 Å². The summed E-state index contributed by atoms with van der Waals surface area (Å²) in [5, 5.41) is 8.84. The summed E-state index contributed by atoms with van der Waals surface area (Å²) in [5.41, 5.74) is 1.24. The lowest BCUT2D eigenvalue weighted by molar-refractivity contribution is 0.0695. The Morgan fingerprint density at radius 1 is 1.38 bits per heavy atom. The van der Waals surface area contributed by atoms with E-state index in [0.29, 0.717) is 11.4 Å². The van der Waals surface area contributed by atoms with Crippen LogP contribution in [0.25, 0.3) is 0 Å². The predicted octanol–water partition coefficient (Wildman–Crippen LogP) is 2.49. The van der Waals surface area contributed by atoms with Crippen molar-refractivity contribution in [1.29, 1.82) is 0 Å². The molecule has 0 bridgehead atoms. The topological polar surface area (TPSA) is 50.2 Å². The van der Waals surface area contributed by atoms with E-state index in [4.69, 9.17) is 5.11 Å². The average molecular weight is 217 g/mol. The summed E-state index contributed by atoms with van der Waals surface area (Å²) < 4.78 is 0. The molecule has 3 nitrogen and oxygen atoms in total. The molecule has 0 fully saturated rings. The number of aryl methyl sites for hydroxylation is 1. The zero-order chi connectivity index (χ0) is 12.3. The fourth-order valence-electron chi connectivity index (χ4n) is 1.11. The molecule has 1 heterocycles. The monoisotopic (exact) mass is 217 g/mol. The first kappa shape index (κ1) is 12.3. The standard InChI is InChI=1S/C13H15NO2/c1-9-11(12(15)16)6-5-10(14-9)7-8-13(2,3)4/h5-6H,1-4H3,(H,15,16). The smallest absolute Gasteiger partial charge is 0.337 e. The van der Waals surface area contributed by atoms with Crippen LogP contribution in [0.15, 0.2) is 12.1 Å². The van der Waals surface area contributed by atoms with Gasteiger partial charge >= 0.3 is 5.97 Å². The van der Waals surface area contributed by atoms with E-state index in [2.05, 4.69) is 16.8 Å². The molecule has 1 rings (SSSR count). The second kappa shape index (κ2) is 4.36. The van der Waals surface area contributed by atoms with Crippen LogP contribution in [-0.2, 0) is 0 Å². The molecule has 0 saturated heterocycles. The third kappa shape index (κ3) is 3.39. The van der Waals surface area contributed by atoms with Gasteiger partial charge in [0.25, 0.3) is 0 Å². The number of carbonyl (C=O) groups is 1. The SMILES string of the molecule is Cc1nc(C#CC(C)(C)C)ccc1C(=O)O. The van der Waals surface area contributed by atoms with Gasteiger partial charge in [0.1, 0.15) is 5.69 Å². The maximum absolute atomic E-state index is 10.8. The molecule has 0 saturated carbocycles. The first-order valence-corrected chi connectivity index (χ1v) is 5.04. The van der Waals surface area contributed by atoms with Gasteiger partial charge in [-0.05, 0) is 45.7 Å². The number of carboxylic acids is 1. The molecule has 1 N–H and O–H groups in total. The summed E-state index contributed by atoms with van der Waals surface area (Å²) in [5.74, 6) is 5.03. The van der Waals surface area contributed by atoms with Crippen LogP contribution in [0.3, 0.4) is 0 Å². The minimum absolute atomic E-state index is 0.0823. The van der Waals surface area contributed by atoms with Crippen molar-refractivity contribution in [2.45, 2.75) is 27.7 Å². The van der Waals surface area contributed by atoms with Crippen LogP contribution in [-0.4, -0.2) is 16.1 Å². The lowest BCUT2D eigenvalue weighted by Gasteiger charge is -2.06. The summed E-state index contributed by atoms with van der Waals surface area (Å²) in [7, 11) is 0. The number of hydrogen-bond donors (Lipinski definition) is 1. The van der Waals surface area contributed by atoms with Gasteiger partial charge in [-0.3, -0.25) is 0 Å². The molecule has 1 aromatic rings. The number of hydrogen-bond acceptors (Lipinski definition) is 2. The van der Waals surface area contributed by atoms with Gasteiger partial charge in [0, 0.05) is 5.41 Å². The second-order valence-electron chi connectivity index (χ2n) is 4.63. The molecule has 0 radical (unpaired) electrons. The summed E-state index contributed by atoms with van der Waals surface area (Å²) in [4.78, 5) is 14.9. The van der Waals surface area contributed by atoms with Gasteiger partial charge in [-0.15, -0.1) is 0 Å². The lowest BCUT2D eigenvalue weighted by atomic mass is 9.98. The molecular weight excluding hydrogens is 202 g/mol. The number of pyridine rings is 1. The van der Waals surface area contributed by atoms with Crippen molar-refractivity contribution in [2.24, 2.45) is 5.41 Å². The number of nitrogens with zero attached hydrogens (tertiary/aromatic N) is 1. The van der Waals surface area contributed by atoms with E-state index in [1.54, 1.807) is 13.0 Å². The van der Waals surface area contributed by atoms with Crippen molar-refractivity contribution >= 4 is 5.97 Å². The Bertz CT molecular complexity index is 473. The van der Waals surface area contributed by atoms with Crippen LogP contribution < -0.4 is 0 Å². The Hall–Kier alpha value is -1.82. The van der Waals surface area contributed by atoms with Crippen molar-refractivity contribution < 1.29 is 9.90 Å². The maximum atomic E-state index is 10.8. The Labute approximate surface area is 95.5 Å². The van der Waals surface area contributed by atoms with E-state index in [-0.39, 0.29) is 11.0 Å². The zero-order valence-corrected chi connectivity index (χ0v) is 9.96. The fraction of sp³-hybridized carbons (Fsp3) is 0.385. The molecule has 16 heavy (non-hydrogen) atoms. The van der Waals surface area contributed by atoms with Crippen LogP contribution in [0.1, 0.15) is 42.5 Å². The van der Waals surface area contributed by atoms with Crippen LogP contribution >= 0.6 is 0 Å². The lowest BCUT2D eigenvalue weighted by Crippen LogP contribution is -2.03. The highest BCUT2D eigenvalue weighted by atomic mass is 16.4. The Balaban J connectivity index is 3.06. The van der Waals surface area contributed by atoms with Crippen molar-refractivity contribution in [3.63, 3.8) is 0 Å². The third-order valence-electron chi connectivity index (χ3n) is 1.88. The first-order chi connectivity index (χ1) is 7.29. The predicted molar refractivity (Wildman–Crippen MR) is 62.3 cm³/mol. The van der Waals surface area contributed by atoms with Gasteiger partial charge < -0.3 is 5.11 Å². The molecule has 1 aromatic heterocycles. The molecule has 3 heteroatoms. The molecular formula is C13H15NO2. The van der Waals surface area contributed by atoms with Crippen molar-refractivity contribution in [2.75, 3.05) is 0 Å². The molecule has 0 unspecified atom stereocenters. The number of carboxylic acid groups (broad SMARTS) is 1. The quantitative estimate of drug-likeness (QED) is 0.735. The Morgan fingerprint density at radius 3 is 2.44 bits per heavy atom. The normalized spacial score (nSPS) is 10.5. The third-order valence-corrected chi connectivity index (χ3v) is 1.88. The van der Waals surface area contributed by atoms with Gasteiger partial charge in [-0.2, -0.15) is 0 Å². The van der Waals surface area contributed by atoms with E-state index in [9.17, 15) is 4.79 Å². The molecule has 84 valence electrons. The summed E-state index contributed by atoms with van der Waals surface area (Å²) in [6.45, 7) is 7.71. The van der Waals surface area contributed by atoms with E-state index >= 15 is 0 Å². The second-order valence-corrected chi connectivity index (χ2v) is 4.63. The summed E-state index contributed by atoms with van der Waals surface area (Å²) >= 11 is 0. The Kier molecular flexibility index (Phi) is 3.34. The molecule has 0 amide bonds. The highest BCUT2D eigenvalue weighted by molar-refractivity contribution is 5.88. The zero-order valence-electron chi connectivity index (χ0n) is 9.96. The summed E-state index contributed by atoms with van der Waals surface area (Å²) in [6, 6.07) is 3.17. The van der Waals surface area contributed by atoms with E-state index in [0.717, 1.165) is 0 Å². The van der Waals surface area contributed by atoms with Gasteiger partial charge in [0.15, 0.2) is 0 Å². The largest absolute Gasteiger partial charge is 0.478 e. The molecule has 0 aliphatic heterocycles. The van der Waals surface area contributed by atoms with E-state index < -0.39 is 5.97 Å². The highest BCUT2D eigenvalue weighted by Crippen LogP contribution is 2.11. The van der Waals surface area contributed by atoms with Gasteiger partial charge in [-0.25, -0.2) is 9.78 Å². The molecule has 0 aliphatic carbocycles. The number of aromatic nitrogens is 1. The van der Waals surface area contributed by atoms with Crippen molar-refractivity contribution in [1.82, 2.24) is 4.98 Å². The van der Waals surface area contributed by atoms with Crippen molar-refractivity contribution in [3.8, 4) is 11.8 Å². The van der Waals surface area contributed by atoms with Crippen LogP contribution in [0.5, 0.6) is 0 Å². The average Bonchev–Trinajstić information content (AvgIpc) is 2.13. The van der Waals surface area contributed by atoms with Gasteiger partial charge in [0.05, 0.1) is 11.3 Å². The summed E-state index contributed by atoms with van der Waals surface area (Å²) in [6.07, 6.45) is 0. The van der Waals surface area contributed by atoms with Gasteiger partial charge in [0.2, 0.25) is 0 Å². The highest BCUT2D eigenvalue weighted by Gasteiger charge is 2.08. The molecule has 0 spiro atoms. The van der Waals surface area contributed by atoms with E-state index in [1.165, 1.54) is 6.07 Å². The minimum Gasteiger partial charge on any atom is -0.478 e. The van der Waals surface area contributed by atoms with E-state index in [1.807, 2.05) is 20.8 Å². The fourth-order valence-corrected chi connectivity index (χ4v) is 1.11. The number of aromatic carboxylic acids is 1. The molecule has 0 aliphatic rings. The van der Waals surface area contributed by atoms with Crippen LogP contribution in [0.2, 0.25) is 0 Å². The van der Waals surface area contributed by atoms with Gasteiger partial charge in [-0.1, -0.05) is 5.92 Å². The van der Waals surface area contributed by atoms with Crippen LogP contribution in [0.4, 0.5) is 0 Å². The molecule has 0 aromatic carbocycles. The van der Waals surface area contributed by atoms with Crippen molar-refractivity contribution in [3.05, 3.63) is 29.1 Å². The minimum atomic E-state index is -0.958. The number of rotatable bonds is 1. The molecule has 0 atom stereocenters. The Morgan fingerprint density at radius 2 is 2.00 bits per heavy atom. The maximum Gasteiger partial charge on any atom is 0.337 e.